The molecular weight excluding hydrogens is 192 g/mol. The van der Waals surface area contributed by atoms with E-state index in [1.807, 2.05) is 0 Å². The van der Waals surface area contributed by atoms with E-state index in [2.05, 4.69) is 57.9 Å². The quantitative estimate of drug-likeness (QED) is 0.650. The summed E-state index contributed by atoms with van der Waals surface area (Å²) in [5, 5.41) is 0. The van der Waals surface area contributed by atoms with E-state index in [-0.39, 0.29) is 11.3 Å². The van der Waals surface area contributed by atoms with Gasteiger partial charge in [-0.2, -0.15) is 0 Å². The molecule has 16 heavy (non-hydrogen) atoms. The third kappa shape index (κ3) is 3.14. The Balaban J connectivity index is 2.90. The molecule has 0 heteroatoms. The molecule has 0 aromatic heterocycles. The highest BCUT2D eigenvalue weighted by atomic mass is 14.2. The lowest BCUT2D eigenvalue weighted by Crippen LogP contribution is -2.11. The van der Waals surface area contributed by atoms with Crippen molar-refractivity contribution in [1.82, 2.24) is 0 Å². The molecule has 0 aliphatic carbocycles. The topological polar surface area (TPSA) is 0 Å². The second-order valence-corrected chi connectivity index (χ2v) is 5.36. The molecule has 0 nitrogen and oxygen atoms in total. The van der Waals surface area contributed by atoms with Gasteiger partial charge in [0, 0.05) is 5.92 Å². The fraction of sp³-hybridized carbons (Fsp3) is 0.500. The summed E-state index contributed by atoms with van der Waals surface area (Å²) in [5.41, 5.74) is 2.76. The van der Waals surface area contributed by atoms with E-state index in [0.717, 1.165) is 12.8 Å². The molecule has 0 bridgehead atoms. The summed E-state index contributed by atoms with van der Waals surface area (Å²) in [4.78, 5) is 0. The van der Waals surface area contributed by atoms with Gasteiger partial charge >= 0.3 is 0 Å². The molecule has 0 saturated heterocycles. The van der Waals surface area contributed by atoms with E-state index in [4.69, 9.17) is 6.42 Å². The second kappa shape index (κ2) is 5.21. The Morgan fingerprint density at radius 2 is 1.75 bits per heavy atom. The van der Waals surface area contributed by atoms with Crippen LogP contribution in [0.1, 0.15) is 57.6 Å². The first-order chi connectivity index (χ1) is 7.49. The highest BCUT2D eigenvalue weighted by Crippen LogP contribution is 2.26. The number of benzene rings is 1. The van der Waals surface area contributed by atoms with Crippen molar-refractivity contribution < 1.29 is 0 Å². The Hall–Kier alpha value is -1.22. The van der Waals surface area contributed by atoms with Gasteiger partial charge in [0.2, 0.25) is 0 Å². The minimum atomic E-state index is 0.166. The number of hydrogen-bond donors (Lipinski definition) is 0. The van der Waals surface area contributed by atoms with Crippen molar-refractivity contribution in [1.29, 1.82) is 0 Å². The molecule has 0 N–H and O–H groups in total. The van der Waals surface area contributed by atoms with E-state index in [1.54, 1.807) is 0 Å². The van der Waals surface area contributed by atoms with Crippen LogP contribution in [0, 0.1) is 12.3 Å². The Morgan fingerprint density at radius 3 is 2.12 bits per heavy atom. The van der Waals surface area contributed by atoms with Crippen molar-refractivity contribution >= 4 is 0 Å². The van der Waals surface area contributed by atoms with Crippen molar-refractivity contribution in [3.8, 4) is 5.92 Å². The van der Waals surface area contributed by atoms with Crippen LogP contribution < -0.4 is 0 Å². The van der Waals surface area contributed by atoms with Crippen LogP contribution in [0.4, 0.5) is 0 Å². The Bertz CT molecular complexity index is 357. The van der Waals surface area contributed by atoms with Gasteiger partial charge in [-0.3, -0.25) is 0 Å². The van der Waals surface area contributed by atoms with Crippen LogP contribution in [-0.2, 0) is 5.41 Å². The zero-order valence-corrected chi connectivity index (χ0v) is 10.8. The molecular formula is C16H21. The second-order valence-electron chi connectivity index (χ2n) is 5.36. The van der Waals surface area contributed by atoms with Crippen LogP contribution in [0.15, 0.2) is 24.3 Å². The van der Waals surface area contributed by atoms with Gasteiger partial charge in [0.15, 0.2) is 0 Å². The molecule has 0 amide bonds. The molecule has 0 spiro atoms. The van der Waals surface area contributed by atoms with E-state index in [0.29, 0.717) is 0 Å². The van der Waals surface area contributed by atoms with Crippen LogP contribution in [0.5, 0.6) is 0 Å². The third-order valence-corrected chi connectivity index (χ3v) is 2.93. The van der Waals surface area contributed by atoms with E-state index in [9.17, 15) is 0 Å². The maximum absolute atomic E-state index is 7.33. The Labute approximate surface area is 100 Å². The summed E-state index contributed by atoms with van der Waals surface area (Å²) >= 11 is 0. The first kappa shape index (κ1) is 12.8. The predicted molar refractivity (Wildman–Crippen MR) is 69.9 cm³/mol. The summed E-state index contributed by atoms with van der Waals surface area (Å²) in [7, 11) is 0. The number of rotatable bonds is 3. The van der Waals surface area contributed by atoms with E-state index >= 15 is 0 Å². The summed E-state index contributed by atoms with van der Waals surface area (Å²) in [6.45, 7) is 8.80. The zero-order valence-electron chi connectivity index (χ0n) is 10.8. The van der Waals surface area contributed by atoms with Crippen LogP contribution >= 0.6 is 0 Å². The van der Waals surface area contributed by atoms with Crippen molar-refractivity contribution in [2.45, 2.75) is 51.9 Å². The van der Waals surface area contributed by atoms with Gasteiger partial charge in [-0.05, 0) is 29.4 Å². The third-order valence-electron chi connectivity index (χ3n) is 2.93. The van der Waals surface area contributed by atoms with Gasteiger partial charge < -0.3 is 0 Å². The minimum absolute atomic E-state index is 0.166. The molecule has 0 heterocycles. The molecule has 0 saturated carbocycles. The van der Waals surface area contributed by atoms with Gasteiger partial charge in [0.25, 0.3) is 0 Å². The fourth-order valence-electron chi connectivity index (χ4n) is 1.83. The average molecular weight is 213 g/mol. The standard InChI is InChI=1S/C16H21/c1-6-8-13(7-2)14-9-11-15(12-10-14)16(3,4)5/h9-13H,6,8H2,1,3-5H3. The molecule has 1 unspecified atom stereocenters. The monoisotopic (exact) mass is 213 g/mol. The Morgan fingerprint density at radius 1 is 1.19 bits per heavy atom. The molecule has 1 rings (SSSR count). The average Bonchev–Trinajstić information content (AvgIpc) is 2.25. The Kier molecular flexibility index (Phi) is 4.19. The predicted octanol–water partition coefficient (Wildman–Crippen LogP) is 4.46. The first-order valence-corrected chi connectivity index (χ1v) is 6.01. The fourth-order valence-corrected chi connectivity index (χ4v) is 1.83. The summed E-state index contributed by atoms with van der Waals surface area (Å²) in [6, 6.07) is 8.63. The molecule has 0 aliphatic rings. The molecule has 1 aromatic rings. The van der Waals surface area contributed by atoms with Crippen molar-refractivity contribution in [2.24, 2.45) is 0 Å². The zero-order chi connectivity index (χ0) is 12.2. The lowest BCUT2D eigenvalue weighted by molar-refractivity contribution is 0.589. The maximum atomic E-state index is 7.33. The summed E-state index contributed by atoms with van der Waals surface area (Å²) < 4.78 is 0. The van der Waals surface area contributed by atoms with Crippen LogP contribution in [0.3, 0.4) is 0 Å². The smallest absolute Gasteiger partial charge is 0.0462 e. The highest BCUT2D eigenvalue weighted by Gasteiger charge is 2.14. The van der Waals surface area contributed by atoms with E-state index in [1.165, 1.54) is 11.1 Å². The van der Waals surface area contributed by atoms with Gasteiger partial charge in [-0.15, -0.1) is 0 Å². The lowest BCUT2D eigenvalue weighted by atomic mass is 9.85. The largest absolute Gasteiger partial charge is 0.0809 e. The van der Waals surface area contributed by atoms with Crippen molar-refractivity contribution in [3.63, 3.8) is 0 Å². The number of hydrogen-bond acceptors (Lipinski definition) is 0. The molecule has 0 aliphatic heterocycles. The van der Waals surface area contributed by atoms with Gasteiger partial charge in [-0.25, -0.2) is 0 Å². The van der Waals surface area contributed by atoms with Crippen LogP contribution in [0.2, 0.25) is 0 Å². The highest BCUT2D eigenvalue weighted by molar-refractivity contribution is 5.32. The molecule has 1 radical (unpaired) electrons. The maximum Gasteiger partial charge on any atom is 0.0462 e. The molecule has 0 fully saturated rings. The summed E-state index contributed by atoms with van der Waals surface area (Å²) in [5.74, 6) is 2.79. The van der Waals surface area contributed by atoms with Crippen molar-refractivity contribution in [2.75, 3.05) is 0 Å². The van der Waals surface area contributed by atoms with Gasteiger partial charge in [0.05, 0.1) is 0 Å². The molecule has 1 atom stereocenters. The van der Waals surface area contributed by atoms with Crippen LogP contribution in [-0.4, -0.2) is 0 Å². The van der Waals surface area contributed by atoms with Crippen LogP contribution in [0.25, 0.3) is 0 Å². The molecule has 1 aromatic carbocycles. The normalized spacial score (nSPS) is 13.2. The van der Waals surface area contributed by atoms with Gasteiger partial charge in [0.1, 0.15) is 0 Å². The SMILES string of the molecule is [C]#CC(CCC)c1ccc(C(C)(C)C)cc1. The van der Waals surface area contributed by atoms with Gasteiger partial charge in [-0.1, -0.05) is 64.3 Å². The first-order valence-electron chi connectivity index (χ1n) is 6.01. The van der Waals surface area contributed by atoms with Crippen molar-refractivity contribution in [3.05, 3.63) is 41.8 Å². The van der Waals surface area contributed by atoms with E-state index < -0.39 is 0 Å². The minimum Gasteiger partial charge on any atom is -0.0809 e. The lowest BCUT2D eigenvalue weighted by Gasteiger charge is -2.20. The molecule has 85 valence electrons. The summed E-state index contributed by atoms with van der Waals surface area (Å²) in [6.07, 6.45) is 9.43.